The summed E-state index contributed by atoms with van der Waals surface area (Å²) in [7, 11) is 0. The standard InChI is InChI=1S/C42H26O/c1-2-12-27(13-3-1)41-33-17-6-8-19-35(33)42(36-20-9-7-18-34(36)41)37-24-23-29(30-14-4-5-15-31(30)37)28-22-25-40-38(26-28)32-16-10-11-21-39(32)43-40/h1-26H/i10D,11D,16D,21D,22D,25D,26D. The van der Waals surface area contributed by atoms with E-state index in [-0.39, 0.29) is 57.7 Å². The van der Waals surface area contributed by atoms with E-state index in [1.165, 1.54) is 5.56 Å². The maximum absolute atomic E-state index is 9.40. The quantitative estimate of drug-likeness (QED) is 0.198. The Morgan fingerprint density at radius 1 is 0.372 bits per heavy atom. The molecule has 0 aliphatic rings. The van der Waals surface area contributed by atoms with Crippen LogP contribution in [0.1, 0.15) is 9.60 Å². The monoisotopic (exact) mass is 553 g/mol. The van der Waals surface area contributed by atoms with Crippen molar-refractivity contribution in [1.29, 1.82) is 0 Å². The molecule has 0 atom stereocenters. The molecule has 9 aromatic rings. The molecule has 0 unspecified atom stereocenters. The van der Waals surface area contributed by atoms with Gasteiger partial charge in [0.05, 0.1) is 9.60 Å². The average molecular weight is 554 g/mol. The van der Waals surface area contributed by atoms with Crippen LogP contribution >= 0.6 is 0 Å². The Hall–Kier alpha value is -5.66. The SMILES string of the molecule is [2H]c1c([2H])c([2H])c2c(oc3c([2H])c([2H])c(-c4ccc(-c5c6ccccc6c(-c6ccccc6)c6ccccc56)c5ccccc45)c([2H])c32)c1[2H]. The molecular formula is C42H26O. The molecule has 1 nitrogen and oxygen atoms in total. The first-order valence-corrected chi connectivity index (χ1v) is 14.2. The van der Waals surface area contributed by atoms with E-state index in [1.54, 1.807) is 0 Å². The third-order valence-electron chi connectivity index (χ3n) is 8.34. The third kappa shape index (κ3) is 3.65. The highest BCUT2D eigenvalue weighted by atomic mass is 16.3. The minimum absolute atomic E-state index is 0.0446. The zero-order chi connectivity index (χ0) is 34.4. The van der Waals surface area contributed by atoms with Crippen molar-refractivity contribution in [3.05, 3.63) is 158 Å². The number of rotatable bonds is 3. The van der Waals surface area contributed by atoms with Crippen LogP contribution in [0, 0.1) is 0 Å². The molecule has 1 heteroatoms. The van der Waals surface area contributed by atoms with Gasteiger partial charge in [0.15, 0.2) is 0 Å². The van der Waals surface area contributed by atoms with E-state index in [1.807, 2.05) is 42.5 Å². The predicted molar refractivity (Wildman–Crippen MR) is 183 cm³/mol. The van der Waals surface area contributed by atoms with Crippen LogP contribution in [0.3, 0.4) is 0 Å². The number of hydrogen-bond donors (Lipinski definition) is 0. The summed E-state index contributed by atoms with van der Waals surface area (Å²) in [5.41, 5.74) is 4.94. The molecule has 0 saturated heterocycles. The highest BCUT2D eigenvalue weighted by Crippen LogP contribution is 2.46. The second kappa shape index (κ2) is 9.44. The number of para-hydroxylation sites is 1. The van der Waals surface area contributed by atoms with Gasteiger partial charge >= 0.3 is 0 Å². The minimum Gasteiger partial charge on any atom is -0.456 e. The zero-order valence-corrected chi connectivity index (χ0v) is 22.9. The summed E-state index contributed by atoms with van der Waals surface area (Å²) in [5, 5.41) is 6.30. The third-order valence-corrected chi connectivity index (χ3v) is 8.34. The van der Waals surface area contributed by atoms with Crippen LogP contribution < -0.4 is 0 Å². The lowest BCUT2D eigenvalue weighted by molar-refractivity contribution is 0.669. The molecule has 1 heterocycles. The van der Waals surface area contributed by atoms with Crippen molar-refractivity contribution in [3.8, 4) is 33.4 Å². The average Bonchev–Trinajstić information content (AvgIpc) is 3.56. The van der Waals surface area contributed by atoms with Gasteiger partial charge in [0.2, 0.25) is 0 Å². The minimum atomic E-state index is -0.454. The van der Waals surface area contributed by atoms with Crippen molar-refractivity contribution in [3.63, 3.8) is 0 Å². The molecule has 0 fully saturated rings. The second-order valence-corrected chi connectivity index (χ2v) is 10.7. The topological polar surface area (TPSA) is 13.1 Å². The normalized spacial score (nSPS) is 14.0. The first-order chi connectivity index (χ1) is 24.3. The molecule has 0 amide bonds. The molecule has 8 aromatic carbocycles. The maximum atomic E-state index is 9.40. The molecule has 0 radical (unpaired) electrons. The maximum Gasteiger partial charge on any atom is 0.135 e. The van der Waals surface area contributed by atoms with Gasteiger partial charge in [-0.3, -0.25) is 0 Å². The van der Waals surface area contributed by atoms with E-state index in [4.69, 9.17) is 12.6 Å². The van der Waals surface area contributed by atoms with E-state index >= 15 is 0 Å². The van der Waals surface area contributed by atoms with E-state index in [2.05, 4.69) is 72.8 Å². The molecule has 43 heavy (non-hydrogen) atoms. The highest BCUT2D eigenvalue weighted by molar-refractivity contribution is 6.24. The summed E-state index contributed by atoms with van der Waals surface area (Å²) in [6.45, 7) is 0. The van der Waals surface area contributed by atoms with Crippen LogP contribution in [0.25, 0.3) is 87.6 Å². The molecule has 200 valence electrons. The molecule has 0 N–H and O–H groups in total. The van der Waals surface area contributed by atoms with Gasteiger partial charge in [-0.05, 0) is 83.8 Å². The van der Waals surface area contributed by atoms with Crippen molar-refractivity contribution in [1.82, 2.24) is 0 Å². The molecule has 0 aliphatic carbocycles. The van der Waals surface area contributed by atoms with Crippen LogP contribution in [0.5, 0.6) is 0 Å². The van der Waals surface area contributed by atoms with Crippen LogP contribution in [0.15, 0.2) is 162 Å². The predicted octanol–water partition coefficient (Wildman–Crippen LogP) is 12.0. The molecule has 0 bridgehead atoms. The van der Waals surface area contributed by atoms with Gasteiger partial charge in [-0.1, -0.05) is 139 Å². The largest absolute Gasteiger partial charge is 0.456 e. The van der Waals surface area contributed by atoms with Crippen molar-refractivity contribution in [2.75, 3.05) is 0 Å². The van der Waals surface area contributed by atoms with Gasteiger partial charge in [0.1, 0.15) is 11.2 Å². The Bertz CT molecular complexity index is 2840. The van der Waals surface area contributed by atoms with Crippen LogP contribution in [0.2, 0.25) is 0 Å². The molecule has 0 spiro atoms. The van der Waals surface area contributed by atoms with Crippen molar-refractivity contribution >= 4 is 54.3 Å². The van der Waals surface area contributed by atoms with Crippen molar-refractivity contribution in [2.24, 2.45) is 0 Å². The van der Waals surface area contributed by atoms with E-state index < -0.39 is 12.1 Å². The fraction of sp³-hybridized carbons (Fsp3) is 0. The van der Waals surface area contributed by atoms with Gasteiger partial charge in [-0.2, -0.15) is 0 Å². The Morgan fingerprint density at radius 3 is 1.60 bits per heavy atom. The molecular weight excluding hydrogens is 520 g/mol. The van der Waals surface area contributed by atoms with E-state index in [0.717, 1.165) is 49.0 Å². The first-order valence-electron chi connectivity index (χ1n) is 17.7. The van der Waals surface area contributed by atoms with Gasteiger partial charge in [0, 0.05) is 10.8 Å². The zero-order valence-electron chi connectivity index (χ0n) is 29.9. The second-order valence-electron chi connectivity index (χ2n) is 10.7. The van der Waals surface area contributed by atoms with Crippen molar-refractivity contribution in [2.45, 2.75) is 0 Å². The molecule has 0 aliphatic heterocycles. The number of hydrogen-bond acceptors (Lipinski definition) is 1. The van der Waals surface area contributed by atoms with E-state index in [9.17, 15) is 1.37 Å². The van der Waals surface area contributed by atoms with E-state index in [0.29, 0.717) is 5.56 Å². The summed E-state index contributed by atoms with van der Waals surface area (Å²) < 4.78 is 66.7. The lowest BCUT2D eigenvalue weighted by Crippen LogP contribution is -1.92. The lowest BCUT2D eigenvalue weighted by atomic mass is 9.84. The molecule has 9 rings (SSSR count). The number of furan rings is 1. The summed E-state index contributed by atoms with van der Waals surface area (Å²) >= 11 is 0. The Labute approximate surface area is 259 Å². The van der Waals surface area contributed by atoms with Gasteiger partial charge in [-0.15, -0.1) is 0 Å². The summed E-state index contributed by atoms with van der Waals surface area (Å²) in [6, 6.07) is 36.9. The molecule has 0 saturated carbocycles. The first kappa shape index (κ1) is 18.0. The van der Waals surface area contributed by atoms with Gasteiger partial charge in [-0.25, -0.2) is 0 Å². The fourth-order valence-corrected chi connectivity index (χ4v) is 6.51. The van der Waals surface area contributed by atoms with Crippen LogP contribution in [-0.4, -0.2) is 0 Å². The number of fused-ring (bicyclic) bond motifs is 6. The summed E-state index contributed by atoms with van der Waals surface area (Å²) in [5.74, 6) is 0. The Balaban J connectivity index is 1.38. The number of benzene rings is 8. The molecule has 1 aromatic heterocycles. The van der Waals surface area contributed by atoms with Crippen LogP contribution in [0.4, 0.5) is 0 Å². The Morgan fingerprint density at radius 2 is 0.907 bits per heavy atom. The van der Waals surface area contributed by atoms with Crippen molar-refractivity contribution < 1.29 is 14.0 Å². The highest BCUT2D eigenvalue weighted by Gasteiger charge is 2.19. The fourth-order valence-electron chi connectivity index (χ4n) is 6.51. The summed E-state index contributed by atoms with van der Waals surface area (Å²) in [6.07, 6.45) is 0. The lowest BCUT2D eigenvalue weighted by Gasteiger charge is -2.19. The van der Waals surface area contributed by atoms with Gasteiger partial charge < -0.3 is 4.42 Å². The summed E-state index contributed by atoms with van der Waals surface area (Å²) in [4.78, 5) is 0. The van der Waals surface area contributed by atoms with Crippen LogP contribution in [-0.2, 0) is 0 Å². The smallest absolute Gasteiger partial charge is 0.135 e. The Kier molecular flexibility index (Phi) is 3.95. The van der Waals surface area contributed by atoms with Gasteiger partial charge in [0.25, 0.3) is 0 Å².